The number of hydrogen-bond donors (Lipinski definition) is 0. The summed E-state index contributed by atoms with van der Waals surface area (Å²) in [6.45, 7) is 2.91. The smallest absolute Gasteiger partial charge is 0.203 e. The van der Waals surface area contributed by atoms with Crippen LogP contribution < -0.4 is 28.4 Å². The molecule has 7 nitrogen and oxygen atoms in total. The highest BCUT2D eigenvalue weighted by Crippen LogP contribution is 2.58. The Balaban J connectivity index is 2.18. The van der Waals surface area contributed by atoms with Gasteiger partial charge in [-0.2, -0.15) is 0 Å². The molecule has 2 aliphatic rings. The maximum atomic E-state index is 6.31. The fourth-order valence-corrected chi connectivity index (χ4v) is 4.98. The summed E-state index contributed by atoms with van der Waals surface area (Å²) in [4.78, 5) is 0. The van der Waals surface area contributed by atoms with Crippen molar-refractivity contribution in [3.8, 4) is 45.6 Å². The monoisotopic (exact) mass is 430 g/mol. The molecule has 7 heteroatoms. The molecular formula is C24H30O7. The number of hydrogen-bond acceptors (Lipinski definition) is 7. The summed E-state index contributed by atoms with van der Waals surface area (Å²) in [5, 5.41) is 0. The van der Waals surface area contributed by atoms with E-state index >= 15 is 0 Å². The molecule has 1 saturated heterocycles. The maximum absolute atomic E-state index is 6.31. The zero-order valence-corrected chi connectivity index (χ0v) is 19.2. The fourth-order valence-electron chi connectivity index (χ4n) is 4.98. The highest BCUT2D eigenvalue weighted by Gasteiger charge is 2.42. The average molecular weight is 430 g/mol. The zero-order valence-electron chi connectivity index (χ0n) is 19.2. The molecule has 1 aliphatic heterocycles. The van der Waals surface area contributed by atoms with Gasteiger partial charge in [-0.15, -0.1) is 0 Å². The Morgan fingerprint density at radius 3 is 1.81 bits per heavy atom. The van der Waals surface area contributed by atoms with Gasteiger partial charge in [-0.1, -0.05) is 6.92 Å². The lowest BCUT2D eigenvalue weighted by molar-refractivity contribution is 0.0935. The summed E-state index contributed by atoms with van der Waals surface area (Å²) in [5.41, 5.74) is 3.84. The van der Waals surface area contributed by atoms with Crippen molar-refractivity contribution in [2.45, 2.75) is 19.4 Å². The molecule has 0 saturated carbocycles. The standard InChI is InChI=1S/C24H30O7/c1-12-14-8-13-9-16(25-2)21(27-4)23(29-6)18(13)19-15(20(12)31-11-14)10-17(26-3)22(28-5)24(19)30-7/h9-10,12,14,20H,8,11H2,1-7H3/t12-,14+,20-/m0/s1. The van der Waals surface area contributed by atoms with Crippen LogP contribution in [0.25, 0.3) is 11.1 Å². The van der Waals surface area contributed by atoms with Crippen LogP contribution in [0.1, 0.15) is 24.2 Å². The molecule has 0 radical (unpaired) electrons. The van der Waals surface area contributed by atoms with Crippen molar-refractivity contribution in [3.63, 3.8) is 0 Å². The largest absolute Gasteiger partial charge is 0.493 e. The predicted octanol–water partition coefficient (Wildman–Crippen LogP) is 4.28. The van der Waals surface area contributed by atoms with Gasteiger partial charge in [0.25, 0.3) is 0 Å². The summed E-state index contributed by atoms with van der Waals surface area (Å²) < 4.78 is 40.8. The van der Waals surface area contributed by atoms with E-state index in [0.717, 1.165) is 28.7 Å². The quantitative estimate of drug-likeness (QED) is 0.678. The van der Waals surface area contributed by atoms with Crippen molar-refractivity contribution in [1.29, 1.82) is 0 Å². The van der Waals surface area contributed by atoms with Crippen molar-refractivity contribution >= 4 is 0 Å². The predicted molar refractivity (Wildman–Crippen MR) is 116 cm³/mol. The number of ether oxygens (including phenoxy) is 7. The molecule has 1 aliphatic carbocycles. The molecule has 2 aromatic rings. The molecule has 0 unspecified atom stereocenters. The second-order valence-electron chi connectivity index (χ2n) is 7.87. The van der Waals surface area contributed by atoms with E-state index < -0.39 is 0 Å². The van der Waals surface area contributed by atoms with Gasteiger partial charge in [-0.05, 0) is 41.5 Å². The SMILES string of the molecule is COc1cc2c(c(OC)c1OC)-c1c(cc(OC)c(OC)c1OC)[C@H]1OC[C@@H](C2)[C@@H]1C. The third-order valence-corrected chi connectivity index (χ3v) is 6.52. The number of rotatable bonds is 6. The summed E-state index contributed by atoms with van der Waals surface area (Å²) in [5.74, 6) is 4.12. The molecule has 0 N–H and O–H groups in total. The third-order valence-electron chi connectivity index (χ3n) is 6.52. The first kappa shape index (κ1) is 21.4. The molecule has 1 fully saturated rings. The summed E-state index contributed by atoms with van der Waals surface area (Å²) in [7, 11) is 9.73. The Labute approximate surface area is 183 Å². The normalized spacial score (nSPS) is 21.3. The highest BCUT2D eigenvalue weighted by atomic mass is 16.5. The van der Waals surface area contributed by atoms with E-state index in [1.54, 1.807) is 42.7 Å². The van der Waals surface area contributed by atoms with Gasteiger partial charge in [0, 0.05) is 11.1 Å². The second-order valence-corrected chi connectivity index (χ2v) is 7.87. The number of methoxy groups -OCH3 is 6. The van der Waals surface area contributed by atoms with E-state index in [-0.39, 0.29) is 6.10 Å². The van der Waals surface area contributed by atoms with Crippen LogP contribution in [0, 0.1) is 11.8 Å². The number of fused-ring (bicyclic) bond motifs is 6. The second kappa shape index (κ2) is 8.38. The molecule has 31 heavy (non-hydrogen) atoms. The van der Waals surface area contributed by atoms with Crippen LogP contribution in [0.3, 0.4) is 0 Å². The number of benzene rings is 2. The Kier molecular flexibility index (Phi) is 5.79. The third kappa shape index (κ3) is 3.14. The van der Waals surface area contributed by atoms with Crippen molar-refractivity contribution < 1.29 is 33.2 Å². The van der Waals surface area contributed by atoms with Gasteiger partial charge in [0.05, 0.1) is 55.4 Å². The van der Waals surface area contributed by atoms with E-state index in [2.05, 4.69) is 6.92 Å². The summed E-state index contributed by atoms with van der Waals surface area (Å²) in [6, 6.07) is 4.02. The Bertz CT molecular complexity index is 985. The van der Waals surface area contributed by atoms with Crippen LogP contribution in [0.4, 0.5) is 0 Å². The first-order valence-electron chi connectivity index (χ1n) is 10.3. The van der Waals surface area contributed by atoms with Crippen LogP contribution >= 0.6 is 0 Å². The van der Waals surface area contributed by atoms with Crippen LogP contribution in [0.2, 0.25) is 0 Å². The van der Waals surface area contributed by atoms with Gasteiger partial charge in [0.15, 0.2) is 23.0 Å². The van der Waals surface area contributed by atoms with Crippen LogP contribution in [-0.4, -0.2) is 49.3 Å². The van der Waals surface area contributed by atoms with Gasteiger partial charge >= 0.3 is 0 Å². The van der Waals surface area contributed by atoms with Crippen molar-refractivity contribution in [1.82, 2.24) is 0 Å². The topological polar surface area (TPSA) is 64.6 Å². The molecule has 2 bridgehead atoms. The van der Waals surface area contributed by atoms with E-state index in [1.165, 1.54) is 0 Å². The molecule has 0 aromatic heterocycles. The van der Waals surface area contributed by atoms with Crippen molar-refractivity contribution in [3.05, 3.63) is 23.3 Å². The lowest BCUT2D eigenvalue weighted by Crippen LogP contribution is -2.19. The molecule has 168 valence electrons. The van der Waals surface area contributed by atoms with Crippen molar-refractivity contribution in [2.24, 2.45) is 11.8 Å². The molecule has 0 spiro atoms. The lowest BCUT2D eigenvalue weighted by Gasteiger charge is -2.30. The molecule has 0 amide bonds. The molecule has 1 heterocycles. The maximum Gasteiger partial charge on any atom is 0.203 e. The van der Waals surface area contributed by atoms with E-state index in [4.69, 9.17) is 33.2 Å². The minimum absolute atomic E-state index is 0.0975. The molecular weight excluding hydrogens is 400 g/mol. The molecule has 3 atom stereocenters. The Morgan fingerprint density at radius 2 is 1.26 bits per heavy atom. The minimum atomic E-state index is -0.0975. The zero-order chi connectivity index (χ0) is 22.3. The van der Waals surface area contributed by atoms with Crippen LogP contribution in [0.15, 0.2) is 12.1 Å². The van der Waals surface area contributed by atoms with Gasteiger partial charge in [-0.25, -0.2) is 0 Å². The average Bonchev–Trinajstić information content (AvgIpc) is 3.18. The van der Waals surface area contributed by atoms with Crippen molar-refractivity contribution in [2.75, 3.05) is 49.3 Å². The molecule has 4 rings (SSSR count). The fraction of sp³-hybridized carbons (Fsp3) is 0.500. The minimum Gasteiger partial charge on any atom is -0.493 e. The molecule has 2 aromatic carbocycles. The Hall–Kier alpha value is -2.80. The van der Waals surface area contributed by atoms with Gasteiger partial charge in [-0.3, -0.25) is 0 Å². The van der Waals surface area contributed by atoms with Gasteiger partial charge in [0.1, 0.15) is 0 Å². The van der Waals surface area contributed by atoms with Crippen LogP contribution in [-0.2, 0) is 11.2 Å². The summed E-state index contributed by atoms with van der Waals surface area (Å²) >= 11 is 0. The first-order valence-corrected chi connectivity index (χ1v) is 10.3. The van der Waals surface area contributed by atoms with Gasteiger partial charge < -0.3 is 33.2 Å². The van der Waals surface area contributed by atoms with Gasteiger partial charge in [0.2, 0.25) is 11.5 Å². The lowest BCUT2D eigenvalue weighted by atomic mass is 9.77. The van der Waals surface area contributed by atoms with E-state index in [9.17, 15) is 0 Å². The van der Waals surface area contributed by atoms with Crippen LogP contribution in [0.5, 0.6) is 34.5 Å². The highest BCUT2D eigenvalue weighted by molar-refractivity contribution is 5.88. The van der Waals surface area contributed by atoms with E-state index in [0.29, 0.717) is 52.9 Å². The first-order chi connectivity index (χ1) is 15.0. The Morgan fingerprint density at radius 1 is 0.710 bits per heavy atom. The van der Waals surface area contributed by atoms with E-state index in [1.807, 2.05) is 12.1 Å². The summed E-state index contributed by atoms with van der Waals surface area (Å²) in [6.07, 6.45) is 0.723.